The molecule has 0 radical (unpaired) electrons. The first-order valence-corrected chi connectivity index (χ1v) is 9.73. The van der Waals surface area contributed by atoms with Gasteiger partial charge in [-0.3, -0.25) is 4.79 Å². The minimum atomic E-state index is -0.401. The molecule has 1 fully saturated rings. The van der Waals surface area contributed by atoms with Gasteiger partial charge in [-0.2, -0.15) is 0 Å². The Morgan fingerprint density at radius 1 is 1.08 bits per heavy atom. The molecule has 0 saturated carbocycles. The molecule has 1 aliphatic heterocycles. The number of likely N-dealkylation sites (tertiary alicyclic amines) is 1. The molecule has 1 aliphatic rings. The fourth-order valence-corrected chi connectivity index (χ4v) is 3.60. The number of carbonyl (C=O) groups is 1. The second-order valence-electron chi connectivity index (χ2n) is 7.09. The van der Waals surface area contributed by atoms with E-state index in [9.17, 15) is 9.90 Å². The lowest BCUT2D eigenvalue weighted by molar-refractivity contribution is -0.133. The van der Waals surface area contributed by atoms with Crippen molar-refractivity contribution in [1.82, 2.24) is 4.90 Å². The molecule has 1 heterocycles. The predicted octanol–water partition coefficient (Wildman–Crippen LogP) is 4.71. The zero-order valence-corrected chi connectivity index (χ0v) is 15.1. The predicted molar refractivity (Wildman–Crippen MR) is 98.7 cm³/mol. The molecule has 0 aromatic heterocycles. The highest BCUT2D eigenvalue weighted by atomic mass is 16.3. The molecule has 1 aromatic rings. The van der Waals surface area contributed by atoms with Gasteiger partial charge in [-0.05, 0) is 30.7 Å². The number of nitrogens with zero attached hydrogens (tertiary/aromatic N) is 1. The number of hydrogen-bond donors (Lipinski definition) is 1. The summed E-state index contributed by atoms with van der Waals surface area (Å²) in [6.45, 7) is 3.81. The Morgan fingerprint density at radius 3 is 2.38 bits per heavy atom. The van der Waals surface area contributed by atoms with Crippen molar-refractivity contribution in [2.24, 2.45) is 5.92 Å². The van der Waals surface area contributed by atoms with Crippen LogP contribution in [0.15, 0.2) is 30.3 Å². The Balaban J connectivity index is 1.66. The summed E-state index contributed by atoms with van der Waals surface area (Å²) in [4.78, 5) is 14.3. The van der Waals surface area contributed by atoms with Gasteiger partial charge in [0, 0.05) is 19.5 Å². The molecule has 134 valence electrons. The van der Waals surface area contributed by atoms with E-state index in [2.05, 4.69) is 6.92 Å². The van der Waals surface area contributed by atoms with Gasteiger partial charge in [-0.25, -0.2) is 0 Å². The molecule has 0 bridgehead atoms. The standard InChI is InChI=1S/C21H33NO2/c1-2-3-4-5-6-10-13-20(23)22-16-14-19(15-17-22)21(24)18-11-8-7-9-12-18/h7-9,11-12,19,21,24H,2-6,10,13-17H2,1H3. The molecule has 3 nitrogen and oxygen atoms in total. The normalized spacial score (nSPS) is 17.0. The summed E-state index contributed by atoms with van der Waals surface area (Å²) in [5, 5.41) is 10.5. The second kappa shape index (κ2) is 10.5. The topological polar surface area (TPSA) is 40.5 Å². The van der Waals surface area contributed by atoms with E-state index in [1.807, 2.05) is 35.2 Å². The molecular weight excluding hydrogens is 298 g/mol. The number of hydrogen-bond acceptors (Lipinski definition) is 2. The minimum Gasteiger partial charge on any atom is -0.388 e. The third-order valence-electron chi connectivity index (χ3n) is 5.22. The van der Waals surface area contributed by atoms with E-state index in [1.54, 1.807) is 0 Å². The van der Waals surface area contributed by atoms with E-state index in [0.717, 1.165) is 37.9 Å². The van der Waals surface area contributed by atoms with Crippen LogP contribution in [0, 0.1) is 5.92 Å². The van der Waals surface area contributed by atoms with Crippen LogP contribution in [0.4, 0.5) is 0 Å². The SMILES string of the molecule is CCCCCCCCC(=O)N1CCC(C(O)c2ccccc2)CC1. The monoisotopic (exact) mass is 331 g/mol. The van der Waals surface area contributed by atoms with Crippen LogP contribution in [0.5, 0.6) is 0 Å². The molecule has 0 aliphatic carbocycles. The van der Waals surface area contributed by atoms with Crippen molar-refractivity contribution in [2.45, 2.75) is 70.8 Å². The Bertz CT molecular complexity index is 466. The van der Waals surface area contributed by atoms with Gasteiger partial charge in [0.2, 0.25) is 5.91 Å². The van der Waals surface area contributed by atoms with E-state index < -0.39 is 6.10 Å². The molecule has 3 heteroatoms. The lowest BCUT2D eigenvalue weighted by Crippen LogP contribution is -2.39. The van der Waals surface area contributed by atoms with Crippen molar-refractivity contribution >= 4 is 5.91 Å². The summed E-state index contributed by atoms with van der Waals surface area (Å²) in [5.74, 6) is 0.573. The number of piperidine rings is 1. The van der Waals surface area contributed by atoms with Crippen LogP contribution in [0.3, 0.4) is 0 Å². The summed E-state index contributed by atoms with van der Waals surface area (Å²) in [5.41, 5.74) is 0.995. The van der Waals surface area contributed by atoms with Gasteiger partial charge in [0.15, 0.2) is 0 Å². The summed E-state index contributed by atoms with van der Waals surface area (Å²) in [7, 11) is 0. The number of rotatable bonds is 9. The third-order valence-corrected chi connectivity index (χ3v) is 5.22. The van der Waals surface area contributed by atoms with Crippen LogP contribution in [-0.4, -0.2) is 29.0 Å². The highest BCUT2D eigenvalue weighted by molar-refractivity contribution is 5.76. The first-order chi connectivity index (χ1) is 11.7. The molecule has 1 unspecified atom stereocenters. The summed E-state index contributed by atoms with van der Waals surface area (Å²) in [6, 6.07) is 9.89. The second-order valence-corrected chi connectivity index (χ2v) is 7.09. The van der Waals surface area contributed by atoms with Crippen LogP contribution in [0.25, 0.3) is 0 Å². The summed E-state index contributed by atoms with van der Waals surface area (Å²) < 4.78 is 0. The van der Waals surface area contributed by atoms with Crippen molar-refractivity contribution < 1.29 is 9.90 Å². The van der Waals surface area contributed by atoms with Crippen molar-refractivity contribution in [3.8, 4) is 0 Å². The van der Waals surface area contributed by atoms with Gasteiger partial charge in [0.1, 0.15) is 0 Å². The van der Waals surface area contributed by atoms with Gasteiger partial charge in [0.25, 0.3) is 0 Å². The summed E-state index contributed by atoms with van der Waals surface area (Å²) >= 11 is 0. The fraction of sp³-hybridized carbons (Fsp3) is 0.667. The smallest absolute Gasteiger partial charge is 0.222 e. The van der Waals surface area contributed by atoms with E-state index in [-0.39, 0.29) is 5.92 Å². The molecule has 1 saturated heterocycles. The van der Waals surface area contributed by atoms with Gasteiger partial charge in [0.05, 0.1) is 6.10 Å². The number of aliphatic hydroxyl groups excluding tert-OH is 1. The van der Waals surface area contributed by atoms with Gasteiger partial charge in [-0.1, -0.05) is 69.4 Å². The van der Waals surface area contributed by atoms with Crippen molar-refractivity contribution in [2.75, 3.05) is 13.1 Å². The maximum Gasteiger partial charge on any atom is 0.222 e. The third kappa shape index (κ3) is 5.94. The molecule has 24 heavy (non-hydrogen) atoms. The van der Waals surface area contributed by atoms with Crippen molar-refractivity contribution in [1.29, 1.82) is 0 Å². The first-order valence-electron chi connectivity index (χ1n) is 9.73. The van der Waals surface area contributed by atoms with Gasteiger partial charge >= 0.3 is 0 Å². The molecule has 1 amide bonds. The largest absolute Gasteiger partial charge is 0.388 e. The van der Waals surface area contributed by atoms with Crippen LogP contribution in [0.1, 0.15) is 76.4 Å². The zero-order valence-electron chi connectivity index (χ0n) is 15.1. The van der Waals surface area contributed by atoms with E-state index >= 15 is 0 Å². The first kappa shape index (κ1) is 19.0. The maximum absolute atomic E-state index is 12.3. The number of unbranched alkanes of at least 4 members (excludes halogenated alkanes) is 5. The molecule has 1 aromatic carbocycles. The molecule has 1 N–H and O–H groups in total. The zero-order chi connectivity index (χ0) is 17.2. The van der Waals surface area contributed by atoms with Crippen molar-refractivity contribution in [3.05, 3.63) is 35.9 Å². The van der Waals surface area contributed by atoms with E-state index in [1.165, 1.54) is 32.1 Å². The fourth-order valence-electron chi connectivity index (χ4n) is 3.60. The number of benzene rings is 1. The average molecular weight is 332 g/mol. The lowest BCUT2D eigenvalue weighted by atomic mass is 9.87. The van der Waals surface area contributed by atoms with Crippen LogP contribution in [0.2, 0.25) is 0 Å². The quantitative estimate of drug-likeness (QED) is 0.666. The van der Waals surface area contributed by atoms with Gasteiger partial charge in [-0.15, -0.1) is 0 Å². The average Bonchev–Trinajstić information content (AvgIpc) is 2.64. The number of carbonyl (C=O) groups excluding carboxylic acids is 1. The number of amides is 1. The Morgan fingerprint density at radius 2 is 1.71 bits per heavy atom. The van der Waals surface area contributed by atoms with Crippen LogP contribution >= 0.6 is 0 Å². The molecular formula is C21H33NO2. The minimum absolute atomic E-state index is 0.269. The maximum atomic E-state index is 12.3. The van der Waals surface area contributed by atoms with Crippen LogP contribution < -0.4 is 0 Å². The highest BCUT2D eigenvalue weighted by Gasteiger charge is 2.27. The Kier molecular flexibility index (Phi) is 8.31. The molecule has 0 spiro atoms. The van der Waals surface area contributed by atoms with Crippen LogP contribution in [-0.2, 0) is 4.79 Å². The van der Waals surface area contributed by atoms with Crippen molar-refractivity contribution in [3.63, 3.8) is 0 Å². The molecule has 2 rings (SSSR count). The lowest BCUT2D eigenvalue weighted by Gasteiger charge is -2.34. The van der Waals surface area contributed by atoms with E-state index in [0.29, 0.717) is 12.3 Å². The highest BCUT2D eigenvalue weighted by Crippen LogP contribution is 2.30. The Hall–Kier alpha value is -1.35. The van der Waals surface area contributed by atoms with Gasteiger partial charge < -0.3 is 10.0 Å². The Labute approximate surface area is 147 Å². The van der Waals surface area contributed by atoms with E-state index in [4.69, 9.17) is 0 Å². The number of aliphatic hydroxyl groups is 1. The molecule has 1 atom stereocenters. The summed E-state index contributed by atoms with van der Waals surface area (Å²) in [6.07, 6.45) is 9.42.